The van der Waals surface area contributed by atoms with Crippen LogP contribution in [0.3, 0.4) is 0 Å². The maximum Gasteiger partial charge on any atom is 0.231 e. The zero-order valence-electron chi connectivity index (χ0n) is 18.3. The number of nitrogens with one attached hydrogen (secondary N) is 1. The average Bonchev–Trinajstić information content (AvgIpc) is 3.12. The van der Waals surface area contributed by atoms with E-state index < -0.39 is 0 Å². The van der Waals surface area contributed by atoms with E-state index in [1.165, 1.54) is 11.0 Å². The number of carbonyl (C=O) groups is 1. The highest BCUT2D eigenvalue weighted by molar-refractivity contribution is 6.15. The standard InChI is InChI=1S/C24H28N2O6/c1-30-17-3-6-21(31-2)16(13-17)14-22-23(29)18-4-5-20(28)19(24(18)32-22)15-26-9-7-25(8-10-26)11-12-27/h3-6,13-14,27-28H,7-12,15H2,1-2H3/b22-14-. The van der Waals surface area contributed by atoms with Crippen LogP contribution in [0.1, 0.15) is 21.5 Å². The summed E-state index contributed by atoms with van der Waals surface area (Å²) in [7, 11) is 3.13. The second-order valence-electron chi connectivity index (χ2n) is 7.96. The molecule has 0 saturated carbocycles. The van der Waals surface area contributed by atoms with Gasteiger partial charge in [0.1, 0.15) is 23.8 Å². The summed E-state index contributed by atoms with van der Waals surface area (Å²) in [6, 6.07) is 8.30. The molecule has 4 rings (SSSR count). The van der Waals surface area contributed by atoms with Crippen LogP contribution in [0.2, 0.25) is 0 Å². The number of fused-ring (bicyclic) bond motifs is 1. The van der Waals surface area contributed by atoms with Gasteiger partial charge in [0.2, 0.25) is 5.78 Å². The van der Waals surface area contributed by atoms with Crippen LogP contribution < -0.4 is 24.2 Å². The molecule has 1 fully saturated rings. The van der Waals surface area contributed by atoms with Crippen molar-refractivity contribution in [3.8, 4) is 23.0 Å². The first kappa shape index (κ1) is 22.1. The second kappa shape index (κ2) is 9.60. The van der Waals surface area contributed by atoms with Gasteiger partial charge in [0.05, 0.1) is 39.5 Å². The molecule has 0 unspecified atom stereocenters. The van der Waals surface area contributed by atoms with Gasteiger partial charge in [-0.25, -0.2) is 0 Å². The molecule has 2 N–H and O–H groups in total. The fraction of sp³-hybridized carbons (Fsp3) is 0.375. The molecule has 0 bridgehead atoms. The van der Waals surface area contributed by atoms with Gasteiger partial charge in [-0.2, -0.15) is 0 Å². The van der Waals surface area contributed by atoms with Crippen LogP contribution in [0.4, 0.5) is 0 Å². The van der Waals surface area contributed by atoms with Gasteiger partial charge in [0, 0.05) is 30.8 Å². The van der Waals surface area contributed by atoms with Crippen LogP contribution in [-0.4, -0.2) is 69.3 Å². The normalized spacial score (nSPS) is 18.0. The predicted molar refractivity (Wildman–Crippen MR) is 116 cm³/mol. The number of nitrogens with zero attached hydrogens (tertiary/aromatic N) is 1. The summed E-state index contributed by atoms with van der Waals surface area (Å²) >= 11 is 0. The average molecular weight is 440 g/mol. The molecular formula is C24H28N2O6. The minimum atomic E-state index is -0.256. The summed E-state index contributed by atoms with van der Waals surface area (Å²) in [6.45, 7) is 4.76. The molecule has 0 radical (unpaired) electrons. The third-order valence-corrected chi connectivity index (χ3v) is 6.03. The minimum Gasteiger partial charge on any atom is -0.872 e. The van der Waals surface area contributed by atoms with Crippen molar-refractivity contribution in [3.05, 3.63) is 52.8 Å². The van der Waals surface area contributed by atoms with E-state index in [1.54, 1.807) is 44.6 Å². The van der Waals surface area contributed by atoms with Crippen molar-refractivity contribution in [3.63, 3.8) is 0 Å². The van der Waals surface area contributed by atoms with Gasteiger partial charge in [0.25, 0.3) is 0 Å². The molecule has 170 valence electrons. The van der Waals surface area contributed by atoms with Crippen LogP contribution >= 0.6 is 0 Å². The van der Waals surface area contributed by atoms with E-state index in [0.29, 0.717) is 47.0 Å². The Hall–Kier alpha value is -3.07. The van der Waals surface area contributed by atoms with Gasteiger partial charge in [-0.15, -0.1) is 0 Å². The molecule has 8 nitrogen and oxygen atoms in total. The number of allylic oxidation sites excluding steroid dienone is 1. The predicted octanol–water partition coefficient (Wildman–Crippen LogP) is 0.0864. The molecule has 0 aromatic heterocycles. The fourth-order valence-electron chi connectivity index (χ4n) is 4.21. The minimum absolute atomic E-state index is 0.123. The molecule has 0 aliphatic carbocycles. The number of ether oxygens (including phenoxy) is 3. The number of hydrogen-bond acceptors (Lipinski definition) is 7. The zero-order chi connectivity index (χ0) is 22.7. The van der Waals surface area contributed by atoms with E-state index in [0.717, 1.165) is 26.2 Å². The fourth-order valence-corrected chi connectivity index (χ4v) is 4.21. The van der Waals surface area contributed by atoms with E-state index in [-0.39, 0.29) is 23.9 Å². The van der Waals surface area contributed by atoms with Crippen molar-refractivity contribution in [1.29, 1.82) is 0 Å². The Kier molecular flexibility index (Phi) is 6.64. The van der Waals surface area contributed by atoms with E-state index in [4.69, 9.17) is 19.3 Å². The number of carbonyl (C=O) groups excluding carboxylic acids is 1. The molecule has 2 aromatic rings. The number of benzene rings is 2. The second-order valence-corrected chi connectivity index (χ2v) is 7.96. The third kappa shape index (κ3) is 4.43. The van der Waals surface area contributed by atoms with Gasteiger partial charge in [0.15, 0.2) is 5.76 Å². The van der Waals surface area contributed by atoms with Crippen LogP contribution in [0.25, 0.3) is 6.08 Å². The van der Waals surface area contributed by atoms with Crippen molar-refractivity contribution in [1.82, 2.24) is 4.90 Å². The van der Waals surface area contributed by atoms with Crippen LogP contribution in [0, 0.1) is 0 Å². The number of Topliss-reactive ketones (excluding diaryl/α,β-unsaturated/α-hetero) is 1. The topological polar surface area (TPSA) is 95.7 Å². The highest BCUT2D eigenvalue weighted by atomic mass is 16.5. The van der Waals surface area contributed by atoms with Crippen molar-refractivity contribution < 1.29 is 34.1 Å². The maximum atomic E-state index is 13.0. The Balaban J connectivity index is 1.59. The van der Waals surface area contributed by atoms with Gasteiger partial charge >= 0.3 is 0 Å². The van der Waals surface area contributed by atoms with Crippen molar-refractivity contribution in [2.75, 3.05) is 53.6 Å². The number of aliphatic hydroxyl groups is 1. The van der Waals surface area contributed by atoms with E-state index in [1.807, 2.05) is 0 Å². The zero-order valence-corrected chi connectivity index (χ0v) is 18.3. The summed E-state index contributed by atoms with van der Waals surface area (Å²) in [4.78, 5) is 16.5. The summed E-state index contributed by atoms with van der Waals surface area (Å²) in [5.41, 5.74) is 1.59. The van der Waals surface area contributed by atoms with Gasteiger partial charge in [-0.1, -0.05) is 11.8 Å². The Labute approximate surface area is 187 Å². The Bertz CT molecular complexity index is 1030. The number of ketones is 1. The summed E-state index contributed by atoms with van der Waals surface area (Å²) in [6.07, 6.45) is 1.62. The molecule has 0 atom stereocenters. The van der Waals surface area contributed by atoms with Gasteiger partial charge in [-0.3, -0.25) is 9.69 Å². The van der Waals surface area contributed by atoms with Crippen LogP contribution in [0.5, 0.6) is 23.0 Å². The quantitative estimate of drug-likeness (QED) is 0.589. The summed E-state index contributed by atoms with van der Waals surface area (Å²) < 4.78 is 16.6. The van der Waals surface area contributed by atoms with E-state index >= 15 is 0 Å². The van der Waals surface area contributed by atoms with Gasteiger partial charge in [-0.05, 0) is 30.3 Å². The van der Waals surface area contributed by atoms with Crippen molar-refractivity contribution >= 4 is 11.9 Å². The lowest BCUT2D eigenvalue weighted by Gasteiger charge is -2.32. The smallest absolute Gasteiger partial charge is 0.231 e. The largest absolute Gasteiger partial charge is 0.872 e. The molecule has 2 aliphatic heterocycles. The monoisotopic (exact) mass is 440 g/mol. The lowest BCUT2D eigenvalue weighted by molar-refractivity contribution is -0.918. The molecule has 32 heavy (non-hydrogen) atoms. The maximum absolute atomic E-state index is 13.0. The lowest BCUT2D eigenvalue weighted by Crippen LogP contribution is -3.13. The highest BCUT2D eigenvalue weighted by Crippen LogP contribution is 2.39. The number of hydrogen-bond donors (Lipinski definition) is 2. The molecule has 0 spiro atoms. The molecule has 1 saturated heterocycles. The first-order valence-corrected chi connectivity index (χ1v) is 10.7. The first-order valence-electron chi connectivity index (χ1n) is 10.7. The SMILES string of the molecule is COc1ccc(OC)c(/C=C2\Oc3c(ccc([O-])c3C[NH+]3CCN(CCO)CC3)C2=O)c1. The third-order valence-electron chi connectivity index (χ3n) is 6.03. The lowest BCUT2D eigenvalue weighted by atomic mass is 10.0. The number of methoxy groups -OCH3 is 2. The van der Waals surface area contributed by atoms with E-state index in [2.05, 4.69) is 4.90 Å². The van der Waals surface area contributed by atoms with E-state index in [9.17, 15) is 9.90 Å². The molecular weight excluding hydrogens is 412 g/mol. The Morgan fingerprint density at radius 3 is 2.66 bits per heavy atom. The molecule has 2 heterocycles. The number of piperazine rings is 1. The Morgan fingerprint density at radius 2 is 1.97 bits per heavy atom. The van der Waals surface area contributed by atoms with Crippen LogP contribution in [-0.2, 0) is 6.54 Å². The van der Waals surface area contributed by atoms with Crippen LogP contribution in [0.15, 0.2) is 36.1 Å². The number of quaternary nitrogens is 1. The first-order chi connectivity index (χ1) is 15.5. The number of rotatable bonds is 7. The molecule has 8 heteroatoms. The molecule has 0 amide bonds. The number of β-amino-alcohol motifs (C(OH)–C–C–N with tert-alkyl or cyclic N) is 1. The Morgan fingerprint density at radius 1 is 1.19 bits per heavy atom. The summed E-state index contributed by atoms with van der Waals surface area (Å²) in [5, 5.41) is 21.8. The van der Waals surface area contributed by atoms with Crippen molar-refractivity contribution in [2.45, 2.75) is 6.54 Å². The highest BCUT2D eigenvalue weighted by Gasteiger charge is 2.32. The van der Waals surface area contributed by atoms with Crippen molar-refractivity contribution in [2.24, 2.45) is 0 Å². The summed E-state index contributed by atoms with van der Waals surface area (Å²) in [5.74, 6) is 1.35. The van der Waals surface area contributed by atoms with Gasteiger partial charge < -0.3 is 29.3 Å². The molecule has 2 aromatic carbocycles. The molecule has 2 aliphatic rings. The number of aliphatic hydroxyl groups excluding tert-OH is 1.